The standard InChI is InChI=1S/C18H21N3O2S/c1-23-15-10-12(7-8-14(15)21-9-3-6-18(21)22)19-11-17-20-13-4-2-5-16(13)24-17/h7-8,10,19H,2-6,9,11H2,1H3. The Morgan fingerprint density at radius 3 is 2.96 bits per heavy atom. The van der Waals surface area contributed by atoms with Crippen molar-refractivity contribution in [3.63, 3.8) is 0 Å². The molecule has 6 heteroatoms. The second-order valence-electron chi connectivity index (χ2n) is 6.22. The summed E-state index contributed by atoms with van der Waals surface area (Å²) in [6, 6.07) is 5.93. The molecule has 0 atom stereocenters. The minimum Gasteiger partial charge on any atom is -0.494 e. The van der Waals surface area contributed by atoms with Crippen molar-refractivity contribution < 1.29 is 9.53 Å². The number of amides is 1. The topological polar surface area (TPSA) is 54.5 Å². The molecular formula is C18H21N3O2S. The first-order valence-corrected chi connectivity index (χ1v) is 9.26. The van der Waals surface area contributed by atoms with Gasteiger partial charge in [0.15, 0.2) is 0 Å². The lowest BCUT2D eigenvalue weighted by molar-refractivity contribution is -0.117. The Morgan fingerprint density at radius 1 is 1.29 bits per heavy atom. The van der Waals surface area contributed by atoms with Gasteiger partial charge in [0.1, 0.15) is 10.8 Å². The Bertz CT molecular complexity index is 750. The van der Waals surface area contributed by atoms with E-state index in [0.29, 0.717) is 6.42 Å². The van der Waals surface area contributed by atoms with Gasteiger partial charge >= 0.3 is 0 Å². The van der Waals surface area contributed by atoms with Crippen molar-refractivity contribution in [2.24, 2.45) is 0 Å². The Hall–Kier alpha value is -2.08. The molecule has 2 aliphatic rings. The van der Waals surface area contributed by atoms with E-state index in [9.17, 15) is 4.79 Å². The van der Waals surface area contributed by atoms with Gasteiger partial charge in [0.25, 0.3) is 0 Å². The lowest BCUT2D eigenvalue weighted by atomic mass is 10.2. The van der Waals surface area contributed by atoms with Crippen molar-refractivity contribution in [3.05, 3.63) is 33.8 Å². The van der Waals surface area contributed by atoms with Crippen LogP contribution in [0.15, 0.2) is 18.2 Å². The molecule has 4 rings (SSSR count). The minimum absolute atomic E-state index is 0.173. The van der Waals surface area contributed by atoms with Gasteiger partial charge in [0.2, 0.25) is 5.91 Å². The molecule has 0 unspecified atom stereocenters. The number of nitrogens with one attached hydrogen (secondary N) is 1. The molecule has 126 valence electrons. The average molecular weight is 343 g/mol. The number of hydrogen-bond donors (Lipinski definition) is 1. The van der Waals surface area contributed by atoms with Crippen LogP contribution in [-0.4, -0.2) is 24.5 Å². The van der Waals surface area contributed by atoms with Crippen LogP contribution in [-0.2, 0) is 24.2 Å². The van der Waals surface area contributed by atoms with E-state index in [1.165, 1.54) is 23.4 Å². The van der Waals surface area contributed by atoms with Gasteiger partial charge in [0, 0.05) is 29.6 Å². The van der Waals surface area contributed by atoms with E-state index in [-0.39, 0.29) is 5.91 Å². The molecule has 0 bridgehead atoms. The molecule has 0 spiro atoms. The van der Waals surface area contributed by atoms with Gasteiger partial charge in [-0.1, -0.05) is 0 Å². The van der Waals surface area contributed by atoms with Crippen LogP contribution in [0.5, 0.6) is 5.75 Å². The summed E-state index contributed by atoms with van der Waals surface area (Å²) in [5, 5.41) is 4.55. The highest BCUT2D eigenvalue weighted by atomic mass is 32.1. The predicted octanol–water partition coefficient (Wildman–Crippen LogP) is 3.38. The Labute approximate surface area is 145 Å². The van der Waals surface area contributed by atoms with E-state index in [1.807, 2.05) is 34.4 Å². The van der Waals surface area contributed by atoms with Crippen molar-refractivity contribution in [1.82, 2.24) is 4.98 Å². The van der Waals surface area contributed by atoms with Crippen molar-refractivity contribution in [3.8, 4) is 5.75 Å². The van der Waals surface area contributed by atoms with E-state index in [1.54, 1.807) is 7.11 Å². The van der Waals surface area contributed by atoms with Crippen LogP contribution in [0.25, 0.3) is 0 Å². The maximum absolute atomic E-state index is 12.0. The van der Waals surface area contributed by atoms with Crippen molar-refractivity contribution in [2.45, 2.75) is 38.6 Å². The number of methoxy groups -OCH3 is 1. The molecule has 1 saturated heterocycles. The number of rotatable bonds is 5. The number of carbonyl (C=O) groups is 1. The zero-order valence-corrected chi connectivity index (χ0v) is 14.6. The molecule has 1 aromatic carbocycles. The smallest absolute Gasteiger partial charge is 0.227 e. The predicted molar refractivity (Wildman–Crippen MR) is 96.0 cm³/mol. The van der Waals surface area contributed by atoms with Crippen LogP contribution in [0.1, 0.15) is 34.8 Å². The number of fused-ring (bicyclic) bond motifs is 1. The van der Waals surface area contributed by atoms with Gasteiger partial charge in [-0.05, 0) is 37.8 Å². The van der Waals surface area contributed by atoms with Crippen LogP contribution in [0.3, 0.4) is 0 Å². The SMILES string of the molecule is COc1cc(NCc2nc3c(s2)CCC3)ccc1N1CCCC1=O. The molecule has 1 fully saturated rings. The summed E-state index contributed by atoms with van der Waals surface area (Å²) < 4.78 is 5.50. The van der Waals surface area contributed by atoms with E-state index in [2.05, 4.69) is 5.32 Å². The highest BCUT2D eigenvalue weighted by Crippen LogP contribution is 2.34. The first-order valence-electron chi connectivity index (χ1n) is 8.44. The fourth-order valence-corrected chi connectivity index (χ4v) is 4.51. The van der Waals surface area contributed by atoms with Gasteiger partial charge < -0.3 is 15.0 Å². The van der Waals surface area contributed by atoms with E-state index >= 15 is 0 Å². The quantitative estimate of drug-likeness (QED) is 0.904. The van der Waals surface area contributed by atoms with Gasteiger partial charge in [-0.3, -0.25) is 4.79 Å². The largest absolute Gasteiger partial charge is 0.494 e. The van der Waals surface area contributed by atoms with E-state index in [4.69, 9.17) is 9.72 Å². The van der Waals surface area contributed by atoms with E-state index in [0.717, 1.165) is 48.1 Å². The summed E-state index contributed by atoms with van der Waals surface area (Å²) in [7, 11) is 1.65. The summed E-state index contributed by atoms with van der Waals surface area (Å²) >= 11 is 1.82. The van der Waals surface area contributed by atoms with Gasteiger partial charge in [-0.15, -0.1) is 11.3 Å². The third-order valence-electron chi connectivity index (χ3n) is 4.63. The third-order valence-corrected chi connectivity index (χ3v) is 5.79. The first kappa shape index (κ1) is 15.4. The Morgan fingerprint density at radius 2 is 2.21 bits per heavy atom. The van der Waals surface area contributed by atoms with Gasteiger partial charge in [-0.25, -0.2) is 4.98 Å². The molecular weight excluding hydrogens is 322 g/mol. The second kappa shape index (κ2) is 6.43. The molecule has 1 aromatic heterocycles. The number of anilines is 2. The molecule has 5 nitrogen and oxygen atoms in total. The van der Waals surface area contributed by atoms with Gasteiger partial charge in [-0.2, -0.15) is 0 Å². The van der Waals surface area contributed by atoms with Crippen LogP contribution < -0.4 is 15.0 Å². The Kier molecular flexibility index (Phi) is 4.14. The van der Waals surface area contributed by atoms with E-state index < -0.39 is 0 Å². The minimum atomic E-state index is 0.173. The first-order chi connectivity index (χ1) is 11.7. The van der Waals surface area contributed by atoms with Crippen LogP contribution >= 0.6 is 11.3 Å². The molecule has 0 saturated carbocycles. The van der Waals surface area contributed by atoms with Crippen molar-refractivity contribution in [2.75, 3.05) is 23.9 Å². The molecule has 1 aliphatic heterocycles. The maximum Gasteiger partial charge on any atom is 0.227 e. The number of aryl methyl sites for hydroxylation is 2. The van der Waals surface area contributed by atoms with Crippen LogP contribution in [0, 0.1) is 0 Å². The summed E-state index contributed by atoms with van der Waals surface area (Å²) in [5.41, 5.74) is 3.13. The highest BCUT2D eigenvalue weighted by Gasteiger charge is 2.24. The number of aromatic nitrogens is 1. The number of carbonyl (C=O) groups excluding carboxylic acids is 1. The second-order valence-corrected chi connectivity index (χ2v) is 7.39. The third kappa shape index (κ3) is 2.86. The molecule has 2 heterocycles. The fourth-order valence-electron chi connectivity index (χ4n) is 3.41. The summed E-state index contributed by atoms with van der Waals surface area (Å²) in [4.78, 5) is 19.9. The number of nitrogens with zero attached hydrogens (tertiary/aromatic N) is 2. The number of thiazole rings is 1. The Balaban J connectivity index is 1.48. The molecule has 0 radical (unpaired) electrons. The number of hydrogen-bond acceptors (Lipinski definition) is 5. The maximum atomic E-state index is 12.0. The zero-order valence-electron chi connectivity index (χ0n) is 13.8. The summed E-state index contributed by atoms with van der Waals surface area (Å²) in [6.45, 7) is 1.50. The molecule has 1 amide bonds. The zero-order chi connectivity index (χ0) is 16.5. The molecule has 24 heavy (non-hydrogen) atoms. The lowest BCUT2D eigenvalue weighted by Crippen LogP contribution is -2.24. The summed E-state index contributed by atoms with van der Waals surface area (Å²) in [5.74, 6) is 0.906. The fraction of sp³-hybridized carbons (Fsp3) is 0.444. The summed E-state index contributed by atoms with van der Waals surface area (Å²) in [6.07, 6.45) is 5.09. The highest BCUT2D eigenvalue weighted by molar-refractivity contribution is 7.11. The molecule has 1 N–H and O–H groups in total. The van der Waals surface area contributed by atoms with Gasteiger partial charge in [0.05, 0.1) is 25.0 Å². The van der Waals surface area contributed by atoms with Crippen molar-refractivity contribution in [1.29, 1.82) is 0 Å². The number of benzene rings is 1. The molecule has 2 aromatic rings. The van der Waals surface area contributed by atoms with Crippen molar-refractivity contribution >= 4 is 28.6 Å². The van der Waals surface area contributed by atoms with Crippen LogP contribution in [0.2, 0.25) is 0 Å². The monoisotopic (exact) mass is 343 g/mol. The molecule has 1 aliphatic carbocycles. The lowest BCUT2D eigenvalue weighted by Gasteiger charge is -2.19. The number of ether oxygens (including phenoxy) is 1. The van der Waals surface area contributed by atoms with Crippen LogP contribution in [0.4, 0.5) is 11.4 Å². The normalized spacial score (nSPS) is 16.5. The average Bonchev–Trinajstić information content (AvgIpc) is 3.28.